The predicted molar refractivity (Wildman–Crippen MR) is 155 cm³/mol. The van der Waals surface area contributed by atoms with Crippen LogP contribution in [0.4, 0.5) is 0 Å². The van der Waals surface area contributed by atoms with Gasteiger partial charge in [-0.25, -0.2) is 0 Å². The van der Waals surface area contributed by atoms with Crippen molar-refractivity contribution < 1.29 is 23.8 Å². The molecule has 7 heteroatoms. The van der Waals surface area contributed by atoms with E-state index in [0.717, 1.165) is 23.3 Å². The van der Waals surface area contributed by atoms with Crippen LogP contribution in [-0.2, 0) is 25.7 Å². The summed E-state index contributed by atoms with van der Waals surface area (Å²) in [6.07, 6.45) is 1.65. The molecule has 1 aliphatic carbocycles. The molecule has 6 nitrogen and oxygen atoms in total. The Labute approximate surface area is 243 Å². The second-order valence-corrected chi connectivity index (χ2v) is 14.0. The molecule has 1 unspecified atom stereocenters. The lowest BCUT2D eigenvalue weighted by atomic mass is 9.65. The monoisotopic (exact) mass is 567 g/mol. The molecule has 1 amide bonds. The number of methoxy groups -OCH3 is 1. The largest absolute Gasteiger partial charge is 0.497 e. The van der Waals surface area contributed by atoms with Crippen molar-refractivity contribution in [1.29, 1.82) is 0 Å². The molecule has 0 spiro atoms. The van der Waals surface area contributed by atoms with Crippen LogP contribution in [-0.4, -0.2) is 48.2 Å². The van der Waals surface area contributed by atoms with E-state index in [1.165, 1.54) is 0 Å². The lowest BCUT2D eigenvalue weighted by molar-refractivity contribution is -0.184. The first-order valence-corrected chi connectivity index (χ1v) is 14.7. The maximum atomic E-state index is 14.7. The third kappa shape index (κ3) is 4.42. The SMILES string of the molecule is COc1ccc(CO[C@@H]2C(C(C)(C)C)N(C(=O)[C@@]34CC[C@@](C)(C(=O)O3)C4(C)C)CC[C@H]2c2ccc(Cl)cc2)cc1. The first kappa shape index (κ1) is 28.9. The van der Waals surface area contributed by atoms with Gasteiger partial charge in [-0.05, 0) is 67.0 Å². The zero-order valence-corrected chi connectivity index (χ0v) is 25.5. The average molecular weight is 568 g/mol. The van der Waals surface area contributed by atoms with Gasteiger partial charge in [-0.2, -0.15) is 0 Å². The first-order chi connectivity index (χ1) is 18.7. The molecule has 0 radical (unpaired) electrons. The Kier molecular flexibility index (Phi) is 7.28. The summed E-state index contributed by atoms with van der Waals surface area (Å²) in [4.78, 5) is 29.7. The van der Waals surface area contributed by atoms with Crippen LogP contribution in [0.25, 0.3) is 0 Å². The van der Waals surface area contributed by atoms with Gasteiger partial charge in [-0.15, -0.1) is 0 Å². The minimum Gasteiger partial charge on any atom is -0.497 e. The molecule has 3 fully saturated rings. The fourth-order valence-corrected chi connectivity index (χ4v) is 7.43. The van der Waals surface area contributed by atoms with E-state index in [2.05, 4.69) is 32.9 Å². The molecule has 1 saturated carbocycles. The first-order valence-electron chi connectivity index (χ1n) is 14.3. The van der Waals surface area contributed by atoms with Crippen molar-refractivity contribution in [1.82, 2.24) is 4.90 Å². The van der Waals surface area contributed by atoms with Crippen molar-refractivity contribution in [3.8, 4) is 5.75 Å². The fraction of sp³-hybridized carbons (Fsp3) is 0.576. The molecule has 3 aliphatic rings. The van der Waals surface area contributed by atoms with Gasteiger partial charge >= 0.3 is 5.97 Å². The van der Waals surface area contributed by atoms with Gasteiger partial charge in [0, 0.05) is 22.9 Å². The van der Waals surface area contributed by atoms with Crippen molar-refractivity contribution in [3.63, 3.8) is 0 Å². The van der Waals surface area contributed by atoms with Gasteiger partial charge in [0.15, 0.2) is 5.60 Å². The number of carbonyl (C=O) groups is 2. The van der Waals surface area contributed by atoms with Crippen molar-refractivity contribution in [3.05, 3.63) is 64.7 Å². The minimum atomic E-state index is -1.16. The highest BCUT2D eigenvalue weighted by atomic mass is 35.5. The Bertz CT molecular complexity index is 1270. The molecular weight excluding hydrogens is 526 g/mol. The summed E-state index contributed by atoms with van der Waals surface area (Å²) < 4.78 is 18.2. The van der Waals surface area contributed by atoms with Crippen LogP contribution in [0.5, 0.6) is 5.75 Å². The molecule has 2 aromatic rings. The number of hydrogen-bond acceptors (Lipinski definition) is 5. The standard InChI is InChI=1S/C33H42ClNO5/c1-30(2,3)27-26(39-20-21-8-14-24(38-7)15-9-21)25(22-10-12-23(34)13-11-22)16-19-35(27)28(36)33-18-17-32(6,29(37)40-33)31(33,4)5/h8-15,25-27H,16-20H2,1-7H3/t25-,26-,27?,32-,33+/m0/s1. The number of esters is 1. The Balaban J connectivity index is 1.52. The highest BCUT2D eigenvalue weighted by molar-refractivity contribution is 6.30. The second-order valence-electron chi connectivity index (χ2n) is 13.6. The van der Waals surface area contributed by atoms with Gasteiger partial charge in [0.2, 0.25) is 0 Å². The molecule has 2 aliphatic heterocycles. The molecule has 2 heterocycles. The molecule has 0 aromatic heterocycles. The summed E-state index contributed by atoms with van der Waals surface area (Å²) in [6.45, 7) is 13.4. The van der Waals surface area contributed by atoms with Crippen molar-refractivity contribution in [2.45, 2.75) is 91.1 Å². The van der Waals surface area contributed by atoms with Gasteiger partial charge in [0.25, 0.3) is 5.91 Å². The lowest BCUT2D eigenvalue weighted by Gasteiger charge is -2.53. The number of rotatable bonds is 6. The Hall–Kier alpha value is -2.57. The number of ether oxygens (including phenoxy) is 3. The fourth-order valence-electron chi connectivity index (χ4n) is 7.31. The number of nitrogens with zero attached hydrogens (tertiary/aromatic N) is 1. The van der Waals surface area contributed by atoms with E-state index in [0.29, 0.717) is 31.0 Å². The van der Waals surface area contributed by atoms with Gasteiger partial charge in [-0.3, -0.25) is 9.59 Å². The number of benzene rings is 2. The quantitative estimate of drug-likeness (QED) is 0.360. The van der Waals surface area contributed by atoms with Gasteiger partial charge in [0.1, 0.15) is 5.75 Å². The molecule has 5 atom stereocenters. The maximum Gasteiger partial charge on any atom is 0.313 e. The Morgan fingerprint density at radius 1 is 1.05 bits per heavy atom. The third-order valence-electron chi connectivity index (χ3n) is 10.2. The molecule has 40 heavy (non-hydrogen) atoms. The Morgan fingerprint density at radius 2 is 1.70 bits per heavy atom. The van der Waals surface area contributed by atoms with Crippen LogP contribution in [0.1, 0.15) is 77.8 Å². The number of amides is 1. The van der Waals surface area contributed by atoms with Crippen LogP contribution in [0, 0.1) is 16.2 Å². The van der Waals surface area contributed by atoms with Crippen molar-refractivity contribution in [2.24, 2.45) is 16.2 Å². The average Bonchev–Trinajstić information content (AvgIpc) is 3.21. The van der Waals surface area contributed by atoms with Crippen LogP contribution in [0.15, 0.2) is 48.5 Å². The van der Waals surface area contributed by atoms with E-state index in [-0.39, 0.29) is 35.4 Å². The van der Waals surface area contributed by atoms with E-state index in [4.69, 9.17) is 25.8 Å². The highest BCUT2D eigenvalue weighted by Gasteiger charge is 2.76. The van der Waals surface area contributed by atoms with Crippen LogP contribution in [0.3, 0.4) is 0 Å². The van der Waals surface area contributed by atoms with Crippen LogP contribution in [0.2, 0.25) is 5.02 Å². The zero-order chi connectivity index (χ0) is 29.1. The Morgan fingerprint density at radius 3 is 2.23 bits per heavy atom. The normalized spacial score (nSPS) is 31.2. The minimum absolute atomic E-state index is 0.0641. The second kappa shape index (κ2) is 10.1. The van der Waals surface area contributed by atoms with E-state index in [1.54, 1.807) is 7.11 Å². The summed E-state index contributed by atoms with van der Waals surface area (Å²) in [6, 6.07) is 15.6. The predicted octanol–water partition coefficient (Wildman–Crippen LogP) is 6.79. The molecular formula is C33H42ClNO5. The molecule has 2 bridgehead atoms. The third-order valence-corrected chi connectivity index (χ3v) is 10.5. The summed E-state index contributed by atoms with van der Waals surface area (Å²) in [7, 11) is 1.65. The lowest BCUT2D eigenvalue weighted by Crippen LogP contribution is -2.65. The summed E-state index contributed by atoms with van der Waals surface area (Å²) in [5.41, 5.74) is -0.561. The topological polar surface area (TPSA) is 65.1 Å². The number of carbonyl (C=O) groups excluding carboxylic acids is 2. The van der Waals surface area contributed by atoms with E-state index < -0.39 is 16.4 Å². The molecule has 216 valence electrons. The molecule has 5 rings (SSSR count). The highest BCUT2D eigenvalue weighted by Crippen LogP contribution is 2.66. The summed E-state index contributed by atoms with van der Waals surface area (Å²) >= 11 is 6.24. The number of halogens is 1. The van der Waals surface area contributed by atoms with E-state index >= 15 is 0 Å². The molecule has 2 saturated heterocycles. The van der Waals surface area contributed by atoms with Crippen molar-refractivity contribution in [2.75, 3.05) is 13.7 Å². The smallest absolute Gasteiger partial charge is 0.313 e. The van der Waals surface area contributed by atoms with Gasteiger partial charge in [-0.1, -0.05) is 70.5 Å². The summed E-state index contributed by atoms with van der Waals surface area (Å²) in [5.74, 6) is 0.517. The molecule has 0 N–H and O–H groups in total. The number of likely N-dealkylation sites (tertiary alicyclic amines) is 1. The number of piperidine rings is 1. The van der Waals surface area contributed by atoms with Gasteiger partial charge < -0.3 is 19.1 Å². The van der Waals surface area contributed by atoms with Crippen LogP contribution < -0.4 is 4.74 Å². The summed E-state index contributed by atoms with van der Waals surface area (Å²) in [5, 5.41) is 0.688. The van der Waals surface area contributed by atoms with Gasteiger partial charge in [0.05, 0.1) is 31.3 Å². The maximum absolute atomic E-state index is 14.7. The zero-order valence-electron chi connectivity index (χ0n) is 24.8. The molecule has 2 aromatic carbocycles. The van der Waals surface area contributed by atoms with Crippen LogP contribution >= 0.6 is 11.6 Å². The number of fused-ring (bicyclic) bond motifs is 2. The number of hydrogen-bond donors (Lipinski definition) is 0. The van der Waals surface area contributed by atoms with E-state index in [1.807, 2.05) is 62.1 Å². The van der Waals surface area contributed by atoms with Crippen molar-refractivity contribution >= 4 is 23.5 Å². The van der Waals surface area contributed by atoms with E-state index in [9.17, 15) is 9.59 Å².